The van der Waals surface area contributed by atoms with Crippen molar-refractivity contribution in [1.82, 2.24) is 0 Å². The second kappa shape index (κ2) is 4.18. The van der Waals surface area contributed by atoms with Gasteiger partial charge in [0.15, 0.2) is 0 Å². The van der Waals surface area contributed by atoms with E-state index in [0.717, 1.165) is 12.5 Å². The molecule has 0 aliphatic heterocycles. The molecule has 0 amide bonds. The molecule has 0 aromatic carbocycles. The largest absolute Gasteiger partial charge is 0.409 e. The van der Waals surface area contributed by atoms with Gasteiger partial charge in [-0.15, -0.1) is 0 Å². The van der Waals surface area contributed by atoms with Crippen LogP contribution in [0.1, 0.15) is 19.3 Å². The fraction of sp³-hybridized carbons (Fsp3) is 0.857. The van der Waals surface area contributed by atoms with Gasteiger partial charge in [-0.05, 0) is 18.8 Å². The number of nitrogens with two attached hydrogens (primary N) is 1. The highest BCUT2D eigenvalue weighted by molar-refractivity contribution is 5.79. The number of hydrogen-bond acceptors (Lipinski definition) is 3. The fourth-order valence-corrected chi connectivity index (χ4v) is 0.761. The maximum absolute atomic E-state index is 8.16. The summed E-state index contributed by atoms with van der Waals surface area (Å²) in [6, 6.07) is 0. The van der Waals surface area contributed by atoms with Gasteiger partial charge in [0, 0.05) is 13.0 Å². The Balaban J connectivity index is 1.86. The molecule has 0 atom stereocenters. The fourth-order valence-electron chi connectivity index (χ4n) is 0.761. The highest BCUT2D eigenvalue weighted by Crippen LogP contribution is 2.28. The summed E-state index contributed by atoms with van der Waals surface area (Å²) in [5.74, 6) is 1.02. The van der Waals surface area contributed by atoms with Crippen molar-refractivity contribution in [2.75, 3.05) is 13.2 Å². The molecule has 0 aromatic rings. The molecule has 0 saturated heterocycles. The third-order valence-electron chi connectivity index (χ3n) is 1.68. The van der Waals surface area contributed by atoms with Gasteiger partial charge in [-0.3, -0.25) is 0 Å². The van der Waals surface area contributed by atoms with Crippen LogP contribution in [-0.4, -0.2) is 24.3 Å². The van der Waals surface area contributed by atoms with E-state index in [-0.39, 0.29) is 5.84 Å². The van der Waals surface area contributed by atoms with Crippen LogP contribution >= 0.6 is 0 Å². The lowest BCUT2D eigenvalue weighted by atomic mass is 10.4. The summed E-state index contributed by atoms with van der Waals surface area (Å²) >= 11 is 0. The van der Waals surface area contributed by atoms with Gasteiger partial charge in [0.25, 0.3) is 0 Å². The van der Waals surface area contributed by atoms with E-state index in [1.54, 1.807) is 0 Å². The average molecular weight is 158 g/mol. The van der Waals surface area contributed by atoms with Crippen LogP contribution < -0.4 is 5.73 Å². The molecule has 4 heteroatoms. The standard InChI is InChI=1S/C7H14N2O2/c8-7(9-10)3-4-11-5-6-1-2-6/h6,10H,1-5H2,(H2,8,9). The molecule has 0 unspecified atom stereocenters. The van der Waals surface area contributed by atoms with E-state index >= 15 is 0 Å². The van der Waals surface area contributed by atoms with E-state index in [4.69, 9.17) is 15.7 Å². The molecular weight excluding hydrogens is 144 g/mol. The third-order valence-corrected chi connectivity index (χ3v) is 1.68. The summed E-state index contributed by atoms with van der Waals surface area (Å²) in [5.41, 5.74) is 5.23. The van der Waals surface area contributed by atoms with Crippen LogP contribution in [0.3, 0.4) is 0 Å². The third kappa shape index (κ3) is 3.83. The summed E-state index contributed by atoms with van der Waals surface area (Å²) in [4.78, 5) is 0. The Hall–Kier alpha value is -0.770. The van der Waals surface area contributed by atoms with Crippen LogP contribution in [0.5, 0.6) is 0 Å². The van der Waals surface area contributed by atoms with Crippen LogP contribution in [-0.2, 0) is 4.74 Å². The van der Waals surface area contributed by atoms with E-state index in [9.17, 15) is 0 Å². The molecule has 11 heavy (non-hydrogen) atoms. The molecule has 3 N–H and O–H groups in total. The van der Waals surface area contributed by atoms with Crippen molar-refractivity contribution >= 4 is 5.84 Å². The zero-order valence-electron chi connectivity index (χ0n) is 6.49. The predicted octanol–water partition coefficient (Wildman–Crippen LogP) is 0.549. The van der Waals surface area contributed by atoms with Crippen LogP contribution in [0.15, 0.2) is 5.16 Å². The first kappa shape index (κ1) is 8.33. The van der Waals surface area contributed by atoms with E-state index in [1.807, 2.05) is 0 Å². The molecule has 0 aromatic heterocycles. The molecule has 1 saturated carbocycles. The Kier molecular flexibility index (Phi) is 3.16. The van der Waals surface area contributed by atoms with E-state index in [1.165, 1.54) is 12.8 Å². The normalized spacial score (nSPS) is 18.7. The lowest BCUT2D eigenvalue weighted by Gasteiger charge is -2.00. The van der Waals surface area contributed by atoms with Gasteiger partial charge in [0.05, 0.1) is 6.61 Å². The zero-order valence-corrected chi connectivity index (χ0v) is 6.49. The zero-order chi connectivity index (χ0) is 8.10. The minimum atomic E-state index is 0.237. The van der Waals surface area contributed by atoms with Crippen molar-refractivity contribution in [3.8, 4) is 0 Å². The molecule has 0 spiro atoms. The topological polar surface area (TPSA) is 67.8 Å². The molecule has 0 radical (unpaired) electrons. The second-order valence-electron chi connectivity index (χ2n) is 2.86. The molecular formula is C7H14N2O2. The molecule has 1 aliphatic carbocycles. The summed E-state index contributed by atoms with van der Waals surface area (Å²) in [6.07, 6.45) is 3.11. The first-order chi connectivity index (χ1) is 5.33. The number of rotatable bonds is 5. The van der Waals surface area contributed by atoms with Gasteiger partial charge in [-0.25, -0.2) is 0 Å². The summed E-state index contributed by atoms with van der Waals surface area (Å²) in [5, 5.41) is 11.0. The maximum Gasteiger partial charge on any atom is 0.141 e. The lowest BCUT2D eigenvalue weighted by molar-refractivity contribution is 0.130. The molecule has 1 fully saturated rings. The van der Waals surface area contributed by atoms with Crippen molar-refractivity contribution < 1.29 is 9.94 Å². The molecule has 4 nitrogen and oxygen atoms in total. The summed E-state index contributed by atoms with van der Waals surface area (Å²) in [6.45, 7) is 1.39. The Morgan fingerprint density at radius 3 is 2.91 bits per heavy atom. The van der Waals surface area contributed by atoms with Gasteiger partial charge in [-0.2, -0.15) is 0 Å². The maximum atomic E-state index is 8.16. The second-order valence-corrected chi connectivity index (χ2v) is 2.86. The van der Waals surface area contributed by atoms with E-state index in [2.05, 4.69) is 5.16 Å². The lowest BCUT2D eigenvalue weighted by Crippen LogP contribution is -2.14. The van der Waals surface area contributed by atoms with Gasteiger partial charge in [0.2, 0.25) is 0 Å². The first-order valence-electron chi connectivity index (χ1n) is 3.87. The van der Waals surface area contributed by atoms with Crippen molar-refractivity contribution in [3.63, 3.8) is 0 Å². The van der Waals surface area contributed by atoms with Crippen molar-refractivity contribution in [3.05, 3.63) is 0 Å². The van der Waals surface area contributed by atoms with Crippen LogP contribution in [0, 0.1) is 5.92 Å². The smallest absolute Gasteiger partial charge is 0.141 e. The van der Waals surface area contributed by atoms with Gasteiger partial charge in [0.1, 0.15) is 5.84 Å². The van der Waals surface area contributed by atoms with Crippen molar-refractivity contribution in [1.29, 1.82) is 0 Å². The van der Waals surface area contributed by atoms with Crippen LogP contribution in [0.4, 0.5) is 0 Å². The van der Waals surface area contributed by atoms with E-state index < -0.39 is 0 Å². The minimum absolute atomic E-state index is 0.237. The van der Waals surface area contributed by atoms with Gasteiger partial charge >= 0.3 is 0 Å². The van der Waals surface area contributed by atoms with Crippen molar-refractivity contribution in [2.24, 2.45) is 16.8 Å². The predicted molar refractivity (Wildman–Crippen MR) is 41.6 cm³/mol. The number of oxime groups is 1. The number of ether oxygens (including phenoxy) is 1. The van der Waals surface area contributed by atoms with Crippen LogP contribution in [0.25, 0.3) is 0 Å². The molecule has 64 valence electrons. The van der Waals surface area contributed by atoms with E-state index in [0.29, 0.717) is 13.0 Å². The Morgan fingerprint density at radius 1 is 1.64 bits per heavy atom. The summed E-state index contributed by atoms with van der Waals surface area (Å²) < 4.78 is 5.26. The molecule has 0 heterocycles. The number of amidine groups is 1. The number of nitrogens with zero attached hydrogens (tertiary/aromatic N) is 1. The Labute approximate surface area is 66.0 Å². The average Bonchev–Trinajstić information content (AvgIpc) is 2.81. The quantitative estimate of drug-likeness (QED) is 0.202. The van der Waals surface area contributed by atoms with Crippen LogP contribution in [0.2, 0.25) is 0 Å². The molecule has 1 aliphatic rings. The molecule has 1 rings (SSSR count). The Bertz CT molecular complexity index is 143. The SMILES string of the molecule is N/C(CCOCC1CC1)=N\O. The highest BCUT2D eigenvalue weighted by Gasteiger charge is 2.20. The highest BCUT2D eigenvalue weighted by atomic mass is 16.5. The molecule has 0 bridgehead atoms. The van der Waals surface area contributed by atoms with Crippen molar-refractivity contribution in [2.45, 2.75) is 19.3 Å². The van der Waals surface area contributed by atoms with Gasteiger partial charge in [-0.1, -0.05) is 5.16 Å². The first-order valence-corrected chi connectivity index (χ1v) is 3.87. The summed E-state index contributed by atoms with van der Waals surface area (Å²) in [7, 11) is 0. The monoisotopic (exact) mass is 158 g/mol. The minimum Gasteiger partial charge on any atom is -0.409 e. The number of hydrogen-bond donors (Lipinski definition) is 2. The van der Waals surface area contributed by atoms with Gasteiger partial charge < -0.3 is 15.7 Å². The Morgan fingerprint density at radius 2 is 2.36 bits per heavy atom.